The third-order valence-corrected chi connectivity index (χ3v) is 1.82. The number of hydrogen-bond acceptors (Lipinski definition) is 2. The highest BCUT2D eigenvalue weighted by atomic mass is 14.8. The van der Waals surface area contributed by atoms with Gasteiger partial charge in [-0.15, -0.1) is 0 Å². The highest BCUT2D eigenvalue weighted by Gasteiger charge is 2.05. The molecule has 0 radical (unpaired) electrons. The lowest BCUT2D eigenvalue weighted by Crippen LogP contribution is -2.27. The van der Waals surface area contributed by atoms with Crippen LogP contribution in [0, 0.1) is 5.92 Å². The minimum Gasteiger partial charge on any atom is -0.327 e. The SMILES string of the molecule is CNCCCC(N)C(C)C. The molecule has 0 aromatic carbocycles. The molecule has 0 saturated heterocycles. The fourth-order valence-corrected chi connectivity index (χ4v) is 0.848. The zero-order valence-corrected chi connectivity index (χ0v) is 7.35. The van der Waals surface area contributed by atoms with Crippen LogP contribution < -0.4 is 11.1 Å². The molecule has 0 heterocycles. The molecule has 0 amide bonds. The first-order valence-corrected chi connectivity index (χ1v) is 4.08. The van der Waals surface area contributed by atoms with Gasteiger partial charge in [-0.2, -0.15) is 0 Å². The van der Waals surface area contributed by atoms with E-state index >= 15 is 0 Å². The maximum Gasteiger partial charge on any atom is 0.00623 e. The smallest absolute Gasteiger partial charge is 0.00623 e. The highest BCUT2D eigenvalue weighted by Crippen LogP contribution is 2.04. The van der Waals surface area contributed by atoms with Gasteiger partial charge in [0.1, 0.15) is 0 Å². The van der Waals surface area contributed by atoms with Gasteiger partial charge in [0.15, 0.2) is 0 Å². The molecule has 0 aliphatic heterocycles. The third kappa shape index (κ3) is 4.77. The van der Waals surface area contributed by atoms with E-state index in [1.54, 1.807) is 0 Å². The van der Waals surface area contributed by atoms with Crippen LogP contribution in [0.15, 0.2) is 0 Å². The maximum atomic E-state index is 5.83. The third-order valence-electron chi connectivity index (χ3n) is 1.82. The summed E-state index contributed by atoms with van der Waals surface area (Å²) in [6.45, 7) is 5.43. The van der Waals surface area contributed by atoms with E-state index in [0.29, 0.717) is 12.0 Å². The second kappa shape index (κ2) is 5.69. The first-order valence-electron chi connectivity index (χ1n) is 4.08. The van der Waals surface area contributed by atoms with Crippen molar-refractivity contribution in [2.24, 2.45) is 11.7 Å². The summed E-state index contributed by atoms with van der Waals surface area (Å²) in [5, 5.41) is 3.11. The second-order valence-electron chi connectivity index (χ2n) is 3.15. The lowest BCUT2D eigenvalue weighted by Gasteiger charge is -2.14. The summed E-state index contributed by atoms with van der Waals surface area (Å²) in [5.41, 5.74) is 5.83. The van der Waals surface area contributed by atoms with Crippen molar-refractivity contribution < 1.29 is 0 Å². The molecule has 0 rings (SSSR count). The van der Waals surface area contributed by atoms with Crippen LogP contribution in [0.1, 0.15) is 26.7 Å². The van der Waals surface area contributed by atoms with Crippen molar-refractivity contribution in [2.75, 3.05) is 13.6 Å². The van der Waals surface area contributed by atoms with E-state index < -0.39 is 0 Å². The average molecular weight is 144 g/mol. The molecule has 1 atom stereocenters. The first kappa shape index (κ1) is 9.92. The second-order valence-corrected chi connectivity index (χ2v) is 3.15. The molecule has 0 fully saturated rings. The molecule has 0 aromatic heterocycles. The highest BCUT2D eigenvalue weighted by molar-refractivity contribution is 4.64. The molecule has 2 heteroatoms. The van der Waals surface area contributed by atoms with Gasteiger partial charge in [0.2, 0.25) is 0 Å². The lowest BCUT2D eigenvalue weighted by atomic mass is 10.0. The summed E-state index contributed by atoms with van der Waals surface area (Å²) in [6.07, 6.45) is 2.33. The Hall–Kier alpha value is -0.0800. The van der Waals surface area contributed by atoms with E-state index in [-0.39, 0.29) is 0 Å². The Labute approximate surface area is 64.2 Å². The molecule has 0 bridgehead atoms. The first-order chi connectivity index (χ1) is 4.68. The Morgan fingerprint density at radius 3 is 2.40 bits per heavy atom. The molecule has 2 nitrogen and oxygen atoms in total. The molecule has 0 aromatic rings. The predicted molar refractivity (Wildman–Crippen MR) is 46.0 cm³/mol. The van der Waals surface area contributed by atoms with Gasteiger partial charge in [-0.3, -0.25) is 0 Å². The minimum absolute atomic E-state index is 0.383. The lowest BCUT2D eigenvalue weighted by molar-refractivity contribution is 0.449. The molecule has 0 saturated carbocycles. The minimum atomic E-state index is 0.383. The van der Waals surface area contributed by atoms with Crippen molar-refractivity contribution in [3.8, 4) is 0 Å². The van der Waals surface area contributed by atoms with Crippen LogP contribution in [0.4, 0.5) is 0 Å². The molecule has 0 spiro atoms. The predicted octanol–water partition coefficient (Wildman–Crippen LogP) is 0.969. The molecule has 3 N–H and O–H groups in total. The van der Waals surface area contributed by atoms with E-state index in [2.05, 4.69) is 19.2 Å². The van der Waals surface area contributed by atoms with Gasteiger partial charge < -0.3 is 11.1 Å². The molecule has 1 unspecified atom stereocenters. The quantitative estimate of drug-likeness (QED) is 0.564. The van der Waals surface area contributed by atoms with Crippen molar-refractivity contribution in [1.29, 1.82) is 0 Å². The largest absolute Gasteiger partial charge is 0.327 e. The van der Waals surface area contributed by atoms with Gasteiger partial charge in [0.25, 0.3) is 0 Å². The van der Waals surface area contributed by atoms with Crippen LogP contribution in [0.2, 0.25) is 0 Å². The normalized spacial score (nSPS) is 14.1. The molecule has 0 aliphatic carbocycles. The average Bonchev–Trinajstić information content (AvgIpc) is 1.88. The van der Waals surface area contributed by atoms with Crippen molar-refractivity contribution in [2.45, 2.75) is 32.7 Å². The zero-order valence-electron chi connectivity index (χ0n) is 7.35. The van der Waals surface area contributed by atoms with Crippen molar-refractivity contribution in [1.82, 2.24) is 5.32 Å². The summed E-state index contributed by atoms with van der Waals surface area (Å²) < 4.78 is 0. The number of nitrogens with two attached hydrogens (primary N) is 1. The summed E-state index contributed by atoms with van der Waals surface area (Å²) in [5.74, 6) is 0.622. The van der Waals surface area contributed by atoms with Gasteiger partial charge in [-0.05, 0) is 32.4 Å². The molecular weight excluding hydrogens is 124 g/mol. The van der Waals surface area contributed by atoms with Crippen molar-refractivity contribution in [3.05, 3.63) is 0 Å². The number of rotatable bonds is 5. The van der Waals surface area contributed by atoms with Crippen LogP contribution >= 0.6 is 0 Å². The van der Waals surface area contributed by atoms with Crippen LogP contribution in [-0.2, 0) is 0 Å². The van der Waals surface area contributed by atoms with Crippen LogP contribution in [0.25, 0.3) is 0 Å². The summed E-state index contributed by atoms with van der Waals surface area (Å²) >= 11 is 0. The van der Waals surface area contributed by atoms with E-state index in [4.69, 9.17) is 5.73 Å². The van der Waals surface area contributed by atoms with Crippen molar-refractivity contribution >= 4 is 0 Å². The Morgan fingerprint density at radius 1 is 1.40 bits per heavy atom. The van der Waals surface area contributed by atoms with Gasteiger partial charge in [-0.25, -0.2) is 0 Å². The summed E-state index contributed by atoms with van der Waals surface area (Å²) in [4.78, 5) is 0. The van der Waals surface area contributed by atoms with E-state index in [1.165, 1.54) is 6.42 Å². The van der Waals surface area contributed by atoms with Gasteiger partial charge in [-0.1, -0.05) is 13.8 Å². The van der Waals surface area contributed by atoms with Crippen molar-refractivity contribution in [3.63, 3.8) is 0 Å². The molecule has 0 aliphatic rings. The topological polar surface area (TPSA) is 38.0 Å². The van der Waals surface area contributed by atoms with E-state index in [0.717, 1.165) is 13.0 Å². The summed E-state index contributed by atoms with van der Waals surface area (Å²) in [6, 6.07) is 0.383. The zero-order chi connectivity index (χ0) is 7.98. The molecule has 10 heavy (non-hydrogen) atoms. The molecular formula is C8H20N2. The van der Waals surface area contributed by atoms with E-state index in [9.17, 15) is 0 Å². The van der Waals surface area contributed by atoms with Gasteiger partial charge >= 0.3 is 0 Å². The van der Waals surface area contributed by atoms with Gasteiger partial charge in [0.05, 0.1) is 0 Å². The van der Waals surface area contributed by atoms with Crippen LogP contribution in [0.5, 0.6) is 0 Å². The fourth-order valence-electron chi connectivity index (χ4n) is 0.848. The van der Waals surface area contributed by atoms with Crippen LogP contribution in [-0.4, -0.2) is 19.6 Å². The van der Waals surface area contributed by atoms with Gasteiger partial charge in [0, 0.05) is 6.04 Å². The Morgan fingerprint density at radius 2 is 2.00 bits per heavy atom. The number of nitrogens with one attached hydrogen (secondary N) is 1. The Kier molecular flexibility index (Phi) is 5.64. The number of hydrogen-bond donors (Lipinski definition) is 2. The standard InChI is InChI=1S/C8H20N2/c1-7(2)8(9)5-4-6-10-3/h7-8,10H,4-6,9H2,1-3H3. The maximum absolute atomic E-state index is 5.83. The molecule has 62 valence electrons. The fraction of sp³-hybridized carbons (Fsp3) is 1.00. The monoisotopic (exact) mass is 144 g/mol. The Balaban J connectivity index is 3.13. The summed E-state index contributed by atoms with van der Waals surface area (Å²) in [7, 11) is 1.97. The Bertz CT molecular complexity index is 71.7. The van der Waals surface area contributed by atoms with Crippen LogP contribution in [0.3, 0.4) is 0 Å². The van der Waals surface area contributed by atoms with E-state index in [1.807, 2.05) is 7.05 Å².